The van der Waals surface area contributed by atoms with E-state index in [0.29, 0.717) is 0 Å². The Morgan fingerprint density at radius 1 is 1.44 bits per heavy atom. The second-order valence-corrected chi connectivity index (χ2v) is 4.65. The van der Waals surface area contributed by atoms with Gasteiger partial charge in [0.25, 0.3) is 0 Å². The van der Waals surface area contributed by atoms with Crippen molar-refractivity contribution in [1.82, 2.24) is 4.98 Å². The largest absolute Gasteiger partial charge is 0.497 e. The van der Waals surface area contributed by atoms with Crippen LogP contribution in [0.3, 0.4) is 0 Å². The first-order valence-electron chi connectivity index (χ1n) is 5.03. The van der Waals surface area contributed by atoms with Gasteiger partial charge in [-0.2, -0.15) is 12.6 Å². The summed E-state index contributed by atoms with van der Waals surface area (Å²) in [6.45, 7) is 0. The van der Waals surface area contributed by atoms with Gasteiger partial charge in [0, 0.05) is 10.9 Å². The summed E-state index contributed by atoms with van der Waals surface area (Å²) in [5, 5.41) is 3.13. The van der Waals surface area contributed by atoms with Gasteiger partial charge in [0.05, 0.1) is 12.8 Å². The third kappa shape index (κ3) is 2.57. The van der Waals surface area contributed by atoms with Crippen LogP contribution in [0.1, 0.15) is 5.69 Å². The van der Waals surface area contributed by atoms with Gasteiger partial charge in [-0.15, -0.1) is 11.3 Å². The van der Waals surface area contributed by atoms with Crippen molar-refractivity contribution in [3.8, 4) is 16.3 Å². The molecular weight excluding hydrogens is 238 g/mol. The lowest BCUT2D eigenvalue weighted by molar-refractivity contribution is 0.415. The number of hydrogen-bond acceptors (Lipinski definition) is 4. The fourth-order valence-corrected chi connectivity index (χ4v) is 2.51. The minimum absolute atomic E-state index is 0.835. The molecule has 0 N–H and O–H groups in total. The molecule has 0 aliphatic heterocycles. The molecule has 0 atom stereocenters. The highest BCUT2D eigenvalue weighted by molar-refractivity contribution is 7.80. The summed E-state index contributed by atoms with van der Waals surface area (Å²) in [5.41, 5.74) is 2.22. The lowest BCUT2D eigenvalue weighted by Crippen LogP contribution is -1.86. The van der Waals surface area contributed by atoms with Crippen LogP contribution in [0, 0.1) is 0 Å². The Kier molecular flexibility index (Phi) is 3.85. The molecule has 1 heterocycles. The molecule has 0 saturated carbocycles. The molecule has 0 spiro atoms. The minimum atomic E-state index is 0.835. The third-order valence-corrected chi connectivity index (χ3v) is 3.40. The Labute approximate surface area is 105 Å². The molecule has 2 aromatic rings. The van der Waals surface area contributed by atoms with Gasteiger partial charge in [-0.3, -0.25) is 0 Å². The summed E-state index contributed by atoms with van der Waals surface area (Å²) >= 11 is 5.87. The Bertz CT molecular complexity index is 468. The highest BCUT2D eigenvalue weighted by atomic mass is 32.1. The van der Waals surface area contributed by atoms with Crippen molar-refractivity contribution < 1.29 is 4.74 Å². The van der Waals surface area contributed by atoms with E-state index in [2.05, 4.69) is 23.0 Å². The van der Waals surface area contributed by atoms with Crippen LogP contribution in [0.15, 0.2) is 29.6 Å². The first-order valence-corrected chi connectivity index (χ1v) is 6.54. The number of aromatic nitrogens is 1. The van der Waals surface area contributed by atoms with Crippen LogP contribution >= 0.6 is 24.0 Å². The molecule has 0 bridgehead atoms. The summed E-state index contributed by atoms with van der Waals surface area (Å²) in [6.07, 6.45) is 0.920. The summed E-state index contributed by atoms with van der Waals surface area (Å²) < 4.78 is 5.20. The van der Waals surface area contributed by atoms with Crippen molar-refractivity contribution in [1.29, 1.82) is 0 Å². The van der Waals surface area contributed by atoms with Crippen molar-refractivity contribution >= 4 is 24.0 Å². The van der Waals surface area contributed by atoms with E-state index in [9.17, 15) is 0 Å². The predicted octanol–water partition coefficient (Wildman–Crippen LogP) is 3.29. The van der Waals surface area contributed by atoms with Gasteiger partial charge in [0.15, 0.2) is 0 Å². The topological polar surface area (TPSA) is 22.1 Å². The summed E-state index contributed by atoms with van der Waals surface area (Å²) in [6, 6.07) is 7.97. The number of nitrogens with zero attached hydrogens (tertiary/aromatic N) is 1. The molecule has 84 valence electrons. The fraction of sp³-hybridized carbons (Fsp3) is 0.250. The molecule has 16 heavy (non-hydrogen) atoms. The number of methoxy groups -OCH3 is 1. The quantitative estimate of drug-likeness (QED) is 0.842. The molecule has 1 aromatic heterocycles. The van der Waals surface area contributed by atoms with Crippen molar-refractivity contribution in [2.24, 2.45) is 0 Å². The van der Waals surface area contributed by atoms with Gasteiger partial charge in [-0.25, -0.2) is 4.98 Å². The van der Waals surface area contributed by atoms with Crippen LogP contribution in [-0.4, -0.2) is 17.8 Å². The molecule has 0 unspecified atom stereocenters. The van der Waals surface area contributed by atoms with Gasteiger partial charge < -0.3 is 4.74 Å². The Morgan fingerprint density at radius 2 is 2.31 bits per heavy atom. The molecule has 0 amide bonds. The number of rotatable bonds is 4. The van der Waals surface area contributed by atoms with Gasteiger partial charge in [0.2, 0.25) is 0 Å². The van der Waals surface area contributed by atoms with Crippen LogP contribution in [0.4, 0.5) is 0 Å². The molecule has 2 nitrogen and oxygen atoms in total. The van der Waals surface area contributed by atoms with Gasteiger partial charge in [-0.1, -0.05) is 12.1 Å². The maximum atomic E-state index is 5.20. The maximum absolute atomic E-state index is 5.20. The van der Waals surface area contributed by atoms with E-state index in [1.54, 1.807) is 18.4 Å². The normalized spacial score (nSPS) is 10.4. The smallest absolute Gasteiger partial charge is 0.123 e. The Balaban J connectivity index is 2.27. The van der Waals surface area contributed by atoms with E-state index in [1.807, 2.05) is 24.3 Å². The standard InChI is InChI=1S/C12H13NOS2/c1-14-11-4-2-3-9(7-11)12-13-10(5-6-15)8-16-12/h2-4,7-8,15H,5-6H2,1H3. The van der Waals surface area contributed by atoms with Crippen LogP contribution in [0.5, 0.6) is 5.75 Å². The van der Waals surface area contributed by atoms with E-state index in [0.717, 1.165) is 34.2 Å². The summed E-state index contributed by atoms with van der Waals surface area (Å²) in [4.78, 5) is 4.56. The van der Waals surface area contributed by atoms with Crippen LogP contribution in [-0.2, 0) is 6.42 Å². The summed E-state index contributed by atoms with van der Waals surface area (Å²) in [7, 11) is 1.67. The number of thiol groups is 1. The van der Waals surface area contributed by atoms with E-state index in [4.69, 9.17) is 4.74 Å². The molecule has 0 aliphatic carbocycles. The van der Waals surface area contributed by atoms with E-state index >= 15 is 0 Å². The minimum Gasteiger partial charge on any atom is -0.497 e. The zero-order valence-corrected chi connectivity index (χ0v) is 10.7. The predicted molar refractivity (Wildman–Crippen MR) is 71.7 cm³/mol. The van der Waals surface area contributed by atoms with Crippen LogP contribution < -0.4 is 4.74 Å². The molecule has 1 aromatic carbocycles. The Hall–Kier alpha value is -1.00. The molecule has 0 radical (unpaired) electrons. The van der Waals surface area contributed by atoms with Crippen LogP contribution in [0.2, 0.25) is 0 Å². The first kappa shape index (κ1) is 11.5. The van der Waals surface area contributed by atoms with Crippen molar-refractivity contribution in [3.63, 3.8) is 0 Å². The number of hydrogen-bond donors (Lipinski definition) is 1. The molecule has 4 heteroatoms. The molecule has 0 aliphatic rings. The van der Waals surface area contributed by atoms with Crippen LogP contribution in [0.25, 0.3) is 10.6 Å². The SMILES string of the molecule is COc1cccc(-c2nc(CCS)cs2)c1. The van der Waals surface area contributed by atoms with E-state index < -0.39 is 0 Å². The highest BCUT2D eigenvalue weighted by Crippen LogP contribution is 2.26. The third-order valence-electron chi connectivity index (χ3n) is 2.24. The van der Waals surface area contributed by atoms with Crippen molar-refractivity contribution in [2.45, 2.75) is 6.42 Å². The zero-order chi connectivity index (χ0) is 11.4. The summed E-state index contributed by atoms with van der Waals surface area (Å²) in [5.74, 6) is 1.70. The van der Waals surface area contributed by atoms with Crippen molar-refractivity contribution in [2.75, 3.05) is 12.9 Å². The second-order valence-electron chi connectivity index (χ2n) is 3.35. The maximum Gasteiger partial charge on any atom is 0.123 e. The zero-order valence-electron chi connectivity index (χ0n) is 9.01. The average molecular weight is 251 g/mol. The van der Waals surface area contributed by atoms with Gasteiger partial charge >= 0.3 is 0 Å². The monoisotopic (exact) mass is 251 g/mol. The number of ether oxygens (including phenoxy) is 1. The lowest BCUT2D eigenvalue weighted by atomic mass is 10.2. The first-order chi connectivity index (χ1) is 7.83. The molecular formula is C12H13NOS2. The Morgan fingerprint density at radius 3 is 3.06 bits per heavy atom. The van der Waals surface area contributed by atoms with E-state index in [1.165, 1.54) is 0 Å². The van der Waals surface area contributed by atoms with E-state index in [-0.39, 0.29) is 0 Å². The molecule has 0 fully saturated rings. The fourth-order valence-electron chi connectivity index (χ4n) is 1.43. The highest BCUT2D eigenvalue weighted by Gasteiger charge is 2.05. The molecule has 2 rings (SSSR count). The average Bonchev–Trinajstić information content (AvgIpc) is 2.78. The number of aryl methyl sites for hydroxylation is 1. The second kappa shape index (κ2) is 5.37. The van der Waals surface area contributed by atoms with Crippen molar-refractivity contribution in [3.05, 3.63) is 35.3 Å². The van der Waals surface area contributed by atoms with Gasteiger partial charge in [0.1, 0.15) is 10.8 Å². The van der Waals surface area contributed by atoms with Gasteiger partial charge in [-0.05, 0) is 24.3 Å². The molecule has 0 saturated heterocycles. The number of thiazole rings is 1. The lowest BCUT2D eigenvalue weighted by Gasteiger charge is -2.01. The number of benzene rings is 1.